The molecule has 0 radical (unpaired) electrons. The average molecular weight is 236 g/mol. The third kappa shape index (κ3) is 4.58. The maximum atomic E-state index is 11.6. The van der Waals surface area contributed by atoms with Gasteiger partial charge in [0.25, 0.3) is 5.91 Å². The highest BCUT2D eigenvalue weighted by atomic mass is 16.2. The number of aromatic nitrogens is 2. The van der Waals surface area contributed by atoms with Gasteiger partial charge in [-0.05, 0) is 20.8 Å². The fourth-order valence-corrected chi connectivity index (χ4v) is 1.13. The number of nitrogens with zero attached hydrogens (tertiary/aromatic N) is 2. The van der Waals surface area contributed by atoms with Crippen LogP contribution in [0.4, 0.5) is 0 Å². The minimum atomic E-state index is -0.406. The van der Waals surface area contributed by atoms with Crippen molar-refractivity contribution in [1.82, 2.24) is 20.6 Å². The minimum Gasteiger partial charge on any atom is -0.352 e. The number of rotatable bonds is 4. The largest absolute Gasteiger partial charge is 0.352 e. The van der Waals surface area contributed by atoms with Crippen molar-refractivity contribution in [2.75, 3.05) is 6.54 Å². The lowest BCUT2D eigenvalue weighted by Crippen LogP contribution is -2.40. The van der Waals surface area contributed by atoms with E-state index in [2.05, 4.69) is 20.6 Å². The molecule has 0 aliphatic rings. The number of carbonyl (C=O) groups excluding carboxylic acids is 2. The Hall–Kier alpha value is -1.98. The van der Waals surface area contributed by atoms with E-state index < -0.39 is 5.91 Å². The van der Waals surface area contributed by atoms with Crippen LogP contribution in [0, 0.1) is 6.92 Å². The first-order valence-electron chi connectivity index (χ1n) is 5.35. The molecule has 0 saturated carbocycles. The van der Waals surface area contributed by atoms with Crippen LogP contribution >= 0.6 is 0 Å². The van der Waals surface area contributed by atoms with Gasteiger partial charge in [-0.25, -0.2) is 4.98 Å². The third-order valence-corrected chi connectivity index (χ3v) is 1.87. The van der Waals surface area contributed by atoms with E-state index in [1.165, 1.54) is 12.4 Å². The van der Waals surface area contributed by atoms with Gasteiger partial charge < -0.3 is 10.6 Å². The highest BCUT2D eigenvalue weighted by molar-refractivity contribution is 5.94. The molecule has 1 rings (SSSR count). The van der Waals surface area contributed by atoms with E-state index in [9.17, 15) is 9.59 Å². The summed E-state index contributed by atoms with van der Waals surface area (Å²) in [6.45, 7) is 5.42. The van der Waals surface area contributed by atoms with Crippen LogP contribution in [-0.2, 0) is 4.79 Å². The van der Waals surface area contributed by atoms with E-state index in [1.54, 1.807) is 6.92 Å². The first-order valence-corrected chi connectivity index (χ1v) is 5.35. The predicted molar refractivity (Wildman–Crippen MR) is 62.4 cm³/mol. The van der Waals surface area contributed by atoms with Gasteiger partial charge in [-0.1, -0.05) is 0 Å². The Kier molecular flexibility index (Phi) is 4.56. The van der Waals surface area contributed by atoms with E-state index in [0.29, 0.717) is 0 Å². The fraction of sp³-hybridized carbons (Fsp3) is 0.455. The van der Waals surface area contributed by atoms with Crippen LogP contribution in [0.3, 0.4) is 0 Å². The molecule has 0 bridgehead atoms. The van der Waals surface area contributed by atoms with Gasteiger partial charge in [0.1, 0.15) is 5.69 Å². The maximum absolute atomic E-state index is 11.6. The molecule has 92 valence electrons. The molecule has 2 amide bonds. The molecule has 1 heterocycles. The van der Waals surface area contributed by atoms with Gasteiger partial charge in [-0.15, -0.1) is 0 Å². The van der Waals surface area contributed by atoms with E-state index in [1.807, 2.05) is 13.8 Å². The Morgan fingerprint density at radius 3 is 2.53 bits per heavy atom. The molecule has 2 N–H and O–H groups in total. The van der Waals surface area contributed by atoms with Crippen LogP contribution in [0.1, 0.15) is 30.0 Å². The second kappa shape index (κ2) is 5.93. The number of aryl methyl sites for hydroxylation is 1. The highest BCUT2D eigenvalue weighted by Gasteiger charge is 2.09. The molecule has 1 aromatic heterocycles. The summed E-state index contributed by atoms with van der Waals surface area (Å²) < 4.78 is 0. The van der Waals surface area contributed by atoms with Crippen molar-refractivity contribution >= 4 is 11.8 Å². The maximum Gasteiger partial charge on any atom is 0.271 e. The van der Waals surface area contributed by atoms with Gasteiger partial charge in [0.15, 0.2) is 0 Å². The summed E-state index contributed by atoms with van der Waals surface area (Å²) >= 11 is 0. The molecular formula is C11H16N4O2. The standard InChI is InChI=1S/C11H16N4O2/c1-7(2)15-10(16)6-14-11(17)9-5-12-8(3)4-13-9/h4-5,7H,6H2,1-3H3,(H,14,17)(H,15,16). The zero-order valence-corrected chi connectivity index (χ0v) is 10.2. The molecule has 17 heavy (non-hydrogen) atoms. The Labute approximate surface area is 99.8 Å². The lowest BCUT2D eigenvalue weighted by Gasteiger charge is -2.08. The van der Waals surface area contributed by atoms with Gasteiger partial charge >= 0.3 is 0 Å². The molecule has 0 saturated heterocycles. The van der Waals surface area contributed by atoms with Crippen LogP contribution < -0.4 is 10.6 Å². The lowest BCUT2D eigenvalue weighted by atomic mass is 10.3. The van der Waals surface area contributed by atoms with Crippen molar-refractivity contribution in [3.8, 4) is 0 Å². The molecule has 0 spiro atoms. The Morgan fingerprint density at radius 2 is 2.00 bits per heavy atom. The third-order valence-electron chi connectivity index (χ3n) is 1.87. The molecule has 0 atom stereocenters. The number of hydrogen-bond acceptors (Lipinski definition) is 4. The smallest absolute Gasteiger partial charge is 0.271 e. The normalized spacial score (nSPS) is 10.1. The number of carbonyl (C=O) groups is 2. The van der Waals surface area contributed by atoms with Crippen LogP contribution in [-0.4, -0.2) is 34.4 Å². The summed E-state index contributed by atoms with van der Waals surface area (Å²) in [4.78, 5) is 30.7. The average Bonchev–Trinajstić information content (AvgIpc) is 2.26. The monoisotopic (exact) mass is 236 g/mol. The van der Waals surface area contributed by atoms with Gasteiger partial charge in [0, 0.05) is 12.2 Å². The summed E-state index contributed by atoms with van der Waals surface area (Å²) in [6.07, 6.45) is 2.88. The summed E-state index contributed by atoms with van der Waals surface area (Å²) in [5, 5.41) is 5.14. The Balaban J connectivity index is 2.45. The summed E-state index contributed by atoms with van der Waals surface area (Å²) in [7, 11) is 0. The SMILES string of the molecule is Cc1cnc(C(=O)NCC(=O)NC(C)C)cn1. The summed E-state index contributed by atoms with van der Waals surface area (Å²) in [5.74, 6) is -0.634. The van der Waals surface area contributed by atoms with Gasteiger partial charge in [-0.2, -0.15) is 0 Å². The first-order chi connectivity index (χ1) is 7.99. The van der Waals surface area contributed by atoms with Crippen molar-refractivity contribution in [2.45, 2.75) is 26.8 Å². The molecule has 1 aromatic rings. The lowest BCUT2D eigenvalue weighted by molar-refractivity contribution is -0.120. The van der Waals surface area contributed by atoms with Gasteiger partial charge in [0.2, 0.25) is 5.91 Å². The predicted octanol–water partition coefficient (Wildman–Crippen LogP) is 0.0394. The summed E-state index contributed by atoms with van der Waals surface area (Å²) in [5.41, 5.74) is 0.937. The zero-order valence-electron chi connectivity index (χ0n) is 10.2. The zero-order chi connectivity index (χ0) is 12.8. The number of nitrogens with one attached hydrogen (secondary N) is 2. The first kappa shape index (κ1) is 13.1. The quantitative estimate of drug-likeness (QED) is 0.773. The van der Waals surface area contributed by atoms with Crippen molar-refractivity contribution in [3.05, 3.63) is 23.8 Å². The van der Waals surface area contributed by atoms with Crippen LogP contribution in [0.2, 0.25) is 0 Å². The molecule has 0 aliphatic heterocycles. The molecular weight excluding hydrogens is 220 g/mol. The van der Waals surface area contributed by atoms with Crippen molar-refractivity contribution in [3.63, 3.8) is 0 Å². The van der Waals surface area contributed by atoms with Crippen molar-refractivity contribution in [1.29, 1.82) is 0 Å². The summed E-state index contributed by atoms with van der Waals surface area (Å²) in [6, 6.07) is 0.0542. The second-order valence-corrected chi connectivity index (χ2v) is 3.95. The Morgan fingerprint density at radius 1 is 1.29 bits per heavy atom. The Bertz CT molecular complexity index is 400. The molecule has 6 nitrogen and oxygen atoms in total. The van der Waals surface area contributed by atoms with Gasteiger partial charge in [-0.3, -0.25) is 14.6 Å². The molecule has 0 unspecified atom stereocenters. The fourth-order valence-electron chi connectivity index (χ4n) is 1.13. The number of amides is 2. The molecule has 0 fully saturated rings. The van der Waals surface area contributed by atoms with Crippen molar-refractivity contribution < 1.29 is 9.59 Å². The van der Waals surface area contributed by atoms with E-state index >= 15 is 0 Å². The van der Waals surface area contributed by atoms with Crippen LogP contribution in [0.5, 0.6) is 0 Å². The van der Waals surface area contributed by atoms with Gasteiger partial charge in [0.05, 0.1) is 18.4 Å². The molecule has 0 aliphatic carbocycles. The van der Waals surface area contributed by atoms with Crippen LogP contribution in [0.25, 0.3) is 0 Å². The second-order valence-electron chi connectivity index (χ2n) is 3.95. The van der Waals surface area contributed by atoms with Crippen molar-refractivity contribution in [2.24, 2.45) is 0 Å². The van der Waals surface area contributed by atoms with E-state index in [4.69, 9.17) is 0 Å². The van der Waals surface area contributed by atoms with Crippen LogP contribution in [0.15, 0.2) is 12.4 Å². The molecule has 0 aromatic carbocycles. The molecule has 6 heteroatoms. The minimum absolute atomic E-state index is 0.0542. The highest BCUT2D eigenvalue weighted by Crippen LogP contribution is 1.93. The number of hydrogen-bond donors (Lipinski definition) is 2. The van der Waals surface area contributed by atoms with E-state index in [0.717, 1.165) is 5.69 Å². The van der Waals surface area contributed by atoms with E-state index in [-0.39, 0.29) is 24.2 Å². The topological polar surface area (TPSA) is 84.0 Å².